The molecule has 1 saturated heterocycles. The molecule has 4 nitrogen and oxygen atoms in total. The summed E-state index contributed by atoms with van der Waals surface area (Å²) in [7, 11) is 0. The number of carbonyl (C=O) groups excluding carboxylic acids is 1. The van der Waals surface area contributed by atoms with Crippen LogP contribution >= 0.6 is 23.1 Å². The highest BCUT2D eigenvalue weighted by Crippen LogP contribution is 2.34. The van der Waals surface area contributed by atoms with Crippen LogP contribution in [0.5, 0.6) is 0 Å². The Balaban J connectivity index is 1.51. The van der Waals surface area contributed by atoms with E-state index in [0.717, 1.165) is 31.0 Å². The van der Waals surface area contributed by atoms with Crippen molar-refractivity contribution in [1.29, 1.82) is 0 Å². The molecule has 0 spiro atoms. The monoisotopic (exact) mass is 322 g/mol. The molecule has 0 unspecified atom stereocenters. The van der Waals surface area contributed by atoms with Gasteiger partial charge in [-0.1, -0.05) is 6.07 Å². The lowest BCUT2D eigenvalue weighted by Crippen LogP contribution is -2.40. The van der Waals surface area contributed by atoms with Crippen molar-refractivity contribution in [2.24, 2.45) is 0 Å². The predicted molar refractivity (Wildman–Crippen MR) is 86.7 cm³/mol. The second-order valence-electron chi connectivity index (χ2n) is 4.89. The minimum atomic E-state index is 0.0316. The zero-order valence-corrected chi connectivity index (χ0v) is 13.3. The van der Waals surface area contributed by atoms with Crippen LogP contribution in [0.4, 0.5) is 4.79 Å². The fraction of sp³-hybridized carbons (Fsp3) is 0.400. The van der Waals surface area contributed by atoms with Crippen LogP contribution in [-0.4, -0.2) is 29.8 Å². The minimum absolute atomic E-state index is 0.0316. The molecule has 1 aliphatic rings. The number of amides is 2. The van der Waals surface area contributed by atoms with Gasteiger partial charge in [0.1, 0.15) is 5.76 Å². The van der Waals surface area contributed by atoms with Gasteiger partial charge in [0.25, 0.3) is 0 Å². The lowest BCUT2D eigenvalue weighted by atomic mass is 10.2. The maximum atomic E-state index is 12.2. The number of nitrogens with one attached hydrogen (secondary N) is 1. The number of thiophene rings is 1. The molecule has 0 aromatic carbocycles. The standard InChI is InChI=1S/C15H18N2O2S2/c18-15(16-11-12-3-2-9-20-12)17-6-5-14(21-10-7-17)13-4-1-8-19-13/h1-4,8-9,14H,5-7,10-11H2,(H,16,18)/t14-/m0/s1. The molecule has 1 atom stereocenters. The van der Waals surface area contributed by atoms with Crippen molar-refractivity contribution in [3.05, 3.63) is 46.5 Å². The van der Waals surface area contributed by atoms with Crippen molar-refractivity contribution in [2.45, 2.75) is 18.2 Å². The Bertz CT molecular complexity index is 554. The summed E-state index contributed by atoms with van der Waals surface area (Å²) < 4.78 is 5.48. The van der Waals surface area contributed by atoms with Crippen LogP contribution in [0, 0.1) is 0 Å². The smallest absolute Gasteiger partial charge is 0.317 e. The van der Waals surface area contributed by atoms with E-state index in [2.05, 4.69) is 5.32 Å². The van der Waals surface area contributed by atoms with Gasteiger partial charge in [-0.3, -0.25) is 0 Å². The summed E-state index contributed by atoms with van der Waals surface area (Å²) in [4.78, 5) is 15.3. The van der Waals surface area contributed by atoms with E-state index < -0.39 is 0 Å². The van der Waals surface area contributed by atoms with Crippen LogP contribution < -0.4 is 5.32 Å². The van der Waals surface area contributed by atoms with Crippen molar-refractivity contribution >= 4 is 29.1 Å². The van der Waals surface area contributed by atoms with E-state index in [9.17, 15) is 4.79 Å². The Morgan fingerprint density at radius 3 is 3.10 bits per heavy atom. The third kappa shape index (κ3) is 3.83. The molecule has 112 valence electrons. The highest BCUT2D eigenvalue weighted by molar-refractivity contribution is 7.99. The number of hydrogen-bond acceptors (Lipinski definition) is 4. The van der Waals surface area contributed by atoms with Gasteiger partial charge >= 0.3 is 6.03 Å². The zero-order chi connectivity index (χ0) is 14.5. The Labute approximate surface area is 132 Å². The number of thioether (sulfide) groups is 1. The lowest BCUT2D eigenvalue weighted by Gasteiger charge is -2.20. The highest BCUT2D eigenvalue weighted by Gasteiger charge is 2.23. The molecule has 0 radical (unpaired) electrons. The van der Waals surface area contributed by atoms with Gasteiger partial charge in [-0.2, -0.15) is 0 Å². The van der Waals surface area contributed by atoms with Crippen molar-refractivity contribution in [1.82, 2.24) is 10.2 Å². The number of urea groups is 1. The van der Waals surface area contributed by atoms with Crippen LogP contribution in [0.1, 0.15) is 22.3 Å². The third-order valence-electron chi connectivity index (χ3n) is 3.48. The minimum Gasteiger partial charge on any atom is -0.468 e. The first-order chi connectivity index (χ1) is 10.3. The average Bonchev–Trinajstić information content (AvgIpc) is 3.15. The Hall–Kier alpha value is -1.40. The molecular weight excluding hydrogens is 304 g/mol. The molecule has 6 heteroatoms. The molecule has 1 aliphatic heterocycles. The second kappa shape index (κ2) is 7.04. The molecule has 1 N–H and O–H groups in total. The fourth-order valence-corrected chi connectivity index (χ4v) is 4.19. The largest absolute Gasteiger partial charge is 0.468 e. The van der Waals surface area contributed by atoms with Gasteiger partial charge in [0.2, 0.25) is 0 Å². The van der Waals surface area contributed by atoms with Crippen LogP contribution in [0.3, 0.4) is 0 Å². The molecule has 2 aromatic heterocycles. The predicted octanol–water partition coefficient (Wildman–Crippen LogP) is 3.73. The molecule has 2 amide bonds. The summed E-state index contributed by atoms with van der Waals surface area (Å²) in [5, 5.41) is 5.38. The molecular formula is C15H18N2O2S2. The van der Waals surface area contributed by atoms with E-state index in [1.54, 1.807) is 17.6 Å². The van der Waals surface area contributed by atoms with Gasteiger partial charge in [-0.05, 0) is 30.0 Å². The summed E-state index contributed by atoms with van der Waals surface area (Å²) in [5.41, 5.74) is 0. The van der Waals surface area contributed by atoms with Crippen LogP contribution in [0.25, 0.3) is 0 Å². The number of furan rings is 1. The van der Waals surface area contributed by atoms with Gasteiger partial charge in [0, 0.05) is 23.7 Å². The second-order valence-corrected chi connectivity index (χ2v) is 7.23. The van der Waals surface area contributed by atoms with Gasteiger partial charge in [-0.15, -0.1) is 23.1 Å². The first-order valence-corrected chi connectivity index (χ1v) is 8.96. The number of nitrogens with zero attached hydrogens (tertiary/aromatic N) is 1. The SMILES string of the molecule is O=C(NCc1cccs1)N1CCS[C@H](c2ccco2)CC1. The van der Waals surface area contributed by atoms with Gasteiger partial charge in [-0.25, -0.2) is 4.79 Å². The van der Waals surface area contributed by atoms with Gasteiger partial charge in [0.15, 0.2) is 0 Å². The molecule has 1 fully saturated rings. The topological polar surface area (TPSA) is 45.5 Å². The van der Waals surface area contributed by atoms with E-state index in [4.69, 9.17) is 4.42 Å². The van der Waals surface area contributed by atoms with Gasteiger partial charge < -0.3 is 14.6 Å². The first kappa shape index (κ1) is 14.5. The molecule has 0 saturated carbocycles. The fourth-order valence-electron chi connectivity index (χ4n) is 2.36. The van der Waals surface area contributed by atoms with E-state index in [1.165, 1.54) is 4.88 Å². The van der Waals surface area contributed by atoms with Crippen molar-refractivity contribution in [3.8, 4) is 0 Å². The normalized spacial score (nSPS) is 19.2. The Morgan fingerprint density at radius 1 is 1.38 bits per heavy atom. The number of rotatable bonds is 3. The zero-order valence-electron chi connectivity index (χ0n) is 11.7. The molecule has 0 aliphatic carbocycles. The lowest BCUT2D eigenvalue weighted by molar-refractivity contribution is 0.200. The van der Waals surface area contributed by atoms with Crippen molar-refractivity contribution in [2.75, 3.05) is 18.8 Å². The van der Waals surface area contributed by atoms with E-state index in [0.29, 0.717) is 11.8 Å². The number of carbonyl (C=O) groups is 1. The summed E-state index contributed by atoms with van der Waals surface area (Å²) in [5.74, 6) is 1.96. The van der Waals surface area contributed by atoms with Crippen LogP contribution in [-0.2, 0) is 6.54 Å². The number of hydrogen-bond donors (Lipinski definition) is 1. The summed E-state index contributed by atoms with van der Waals surface area (Å²) in [6, 6.07) is 8.01. The Morgan fingerprint density at radius 2 is 2.33 bits per heavy atom. The van der Waals surface area contributed by atoms with Gasteiger partial charge in [0.05, 0.1) is 18.1 Å². The van der Waals surface area contributed by atoms with E-state index >= 15 is 0 Å². The maximum absolute atomic E-state index is 12.2. The molecule has 0 bridgehead atoms. The Kier molecular flexibility index (Phi) is 4.87. The molecule has 21 heavy (non-hydrogen) atoms. The average molecular weight is 322 g/mol. The molecule has 3 heterocycles. The highest BCUT2D eigenvalue weighted by atomic mass is 32.2. The molecule has 2 aromatic rings. The van der Waals surface area contributed by atoms with Crippen LogP contribution in [0.15, 0.2) is 40.3 Å². The van der Waals surface area contributed by atoms with Crippen molar-refractivity contribution < 1.29 is 9.21 Å². The van der Waals surface area contributed by atoms with E-state index in [-0.39, 0.29) is 6.03 Å². The van der Waals surface area contributed by atoms with Crippen molar-refractivity contribution in [3.63, 3.8) is 0 Å². The molecule has 3 rings (SSSR count). The maximum Gasteiger partial charge on any atom is 0.317 e. The van der Waals surface area contributed by atoms with E-state index in [1.807, 2.05) is 46.3 Å². The third-order valence-corrected chi connectivity index (χ3v) is 5.65. The summed E-state index contributed by atoms with van der Waals surface area (Å²) in [6.07, 6.45) is 2.65. The summed E-state index contributed by atoms with van der Waals surface area (Å²) >= 11 is 3.53. The van der Waals surface area contributed by atoms with Crippen LogP contribution in [0.2, 0.25) is 0 Å². The summed E-state index contributed by atoms with van der Waals surface area (Å²) in [6.45, 7) is 2.18. The first-order valence-electron chi connectivity index (χ1n) is 7.03. The quantitative estimate of drug-likeness (QED) is 0.936.